The zero-order valence-electron chi connectivity index (χ0n) is 18.8. The number of nitrogens with zero attached hydrogens (tertiary/aromatic N) is 2. The average molecular weight is 449 g/mol. The van der Waals surface area contributed by atoms with Crippen LogP contribution in [0.15, 0.2) is 66.7 Å². The molecule has 32 heavy (non-hydrogen) atoms. The van der Waals surface area contributed by atoms with E-state index in [0.29, 0.717) is 11.6 Å². The number of imidazole rings is 1. The summed E-state index contributed by atoms with van der Waals surface area (Å²) in [6.45, 7) is 7.79. The molecule has 0 fully saturated rings. The van der Waals surface area contributed by atoms with Crippen molar-refractivity contribution in [1.29, 1.82) is 0 Å². The number of benzene rings is 3. The van der Waals surface area contributed by atoms with Crippen LogP contribution >= 0.6 is 11.6 Å². The molecule has 1 unspecified atom stereocenters. The highest BCUT2D eigenvalue weighted by Gasteiger charge is 2.18. The van der Waals surface area contributed by atoms with Gasteiger partial charge in [0.25, 0.3) is 0 Å². The minimum atomic E-state index is -0.185. The van der Waals surface area contributed by atoms with Gasteiger partial charge in [0, 0.05) is 11.6 Å². The molecule has 0 aliphatic rings. The van der Waals surface area contributed by atoms with E-state index in [4.69, 9.17) is 26.1 Å². The van der Waals surface area contributed by atoms with Crippen molar-refractivity contribution < 1.29 is 9.47 Å². The van der Waals surface area contributed by atoms with Gasteiger partial charge in [-0.15, -0.1) is 0 Å². The van der Waals surface area contributed by atoms with Gasteiger partial charge in [-0.05, 0) is 93.3 Å². The van der Waals surface area contributed by atoms with Crippen LogP contribution in [0.4, 0.5) is 0 Å². The SMILES string of the molecule is Cc1cc(C)cc(OCCCCn2c(C(C)Oc3ccc(Cl)cc3)nc3ccccc32)c1. The molecule has 0 saturated carbocycles. The smallest absolute Gasteiger partial charge is 0.153 e. The summed E-state index contributed by atoms with van der Waals surface area (Å²) in [5.74, 6) is 2.65. The molecule has 4 rings (SSSR count). The Morgan fingerprint density at radius 3 is 2.38 bits per heavy atom. The van der Waals surface area contributed by atoms with E-state index in [1.807, 2.05) is 43.3 Å². The molecule has 5 heteroatoms. The van der Waals surface area contributed by atoms with E-state index < -0.39 is 0 Å². The van der Waals surface area contributed by atoms with Crippen molar-refractivity contribution >= 4 is 22.6 Å². The normalized spacial score (nSPS) is 12.1. The van der Waals surface area contributed by atoms with E-state index in [1.165, 1.54) is 11.1 Å². The predicted octanol–water partition coefficient (Wildman–Crippen LogP) is 7.31. The van der Waals surface area contributed by atoms with Crippen molar-refractivity contribution in [2.45, 2.75) is 46.3 Å². The maximum Gasteiger partial charge on any atom is 0.153 e. The molecule has 0 amide bonds. The summed E-state index contributed by atoms with van der Waals surface area (Å²) in [7, 11) is 0. The van der Waals surface area contributed by atoms with Crippen molar-refractivity contribution in [3.63, 3.8) is 0 Å². The Morgan fingerprint density at radius 1 is 0.906 bits per heavy atom. The van der Waals surface area contributed by atoms with Gasteiger partial charge in [0.15, 0.2) is 11.9 Å². The fraction of sp³-hybridized carbons (Fsp3) is 0.296. The molecule has 0 spiro atoms. The Morgan fingerprint density at radius 2 is 1.62 bits per heavy atom. The maximum absolute atomic E-state index is 6.17. The molecule has 0 saturated heterocycles. The number of rotatable bonds is 9. The number of hydrogen-bond donors (Lipinski definition) is 0. The zero-order chi connectivity index (χ0) is 22.5. The number of aryl methyl sites for hydroxylation is 3. The molecule has 4 nitrogen and oxygen atoms in total. The van der Waals surface area contributed by atoms with Crippen molar-refractivity contribution in [1.82, 2.24) is 9.55 Å². The van der Waals surface area contributed by atoms with Gasteiger partial charge < -0.3 is 14.0 Å². The molecule has 1 atom stereocenters. The van der Waals surface area contributed by atoms with Crippen LogP contribution in [0.5, 0.6) is 11.5 Å². The topological polar surface area (TPSA) is 36.3 Å². The summed E-state index contributed by atoms with van der Waals surface area (Å²) in [4.78, 5) is 4.87. The summed E-state index contributed by atoms with van der Waals surface area (Å²) in [6, 6.07) is 22.0. The van der Waals surface area contributed by atoms with E-state index in [0.717, 1.165) is 47.7 Å². The number of para-hydroxylation sites is 2. The van der Waals surface area contributed by atoms with Crippen LogP contribution < -0.4 is 9.47 Å². The second kappa shape index (κ2) is 10.1. The number of hydrogen-bond acceptors (Lipinski definition) is 3. The van der Waals surface area contributed by atoms with Gasteiger partial charge in [-0.2, -0.15) is 0 Å². The number of halogens is 1. The molecule has 0 radical (unpaired) electrons. The monoisotopic (exact) mass is 448 g/mol. The molecule has 4 aromatic rings. The first kappa shape index (κ1) is 22.2. The highest BCUT2D eigenvalue weighted by Crippen LogP contribution is 2.26. The summed E-state index contributed by atoms with van der Waals surface area (Å²) < 4.78 is 14.4. The predicted molar refractivity (Wildman–Crippen MR) is 131 cm³/mol. The molecular weight excluding hydrogens is 420 g/mol. The van der Waals surface area contributed by atoms with Crippen LogP contribution in [0.2, 0.25) is 5.02 Å². The van der Waals surface area contributed by atoms with E-state index in [-0.39, 0.29) is 6.10 Å². The first-order chi connectivity index (χ1) is 15.5. The lowest BCUT2D eigenvalue weighted by molar-refractivity contribution is 0.211. The molecule has 0 N–H and O–H groups in total. The third-order valence-electron chi connectivity index (χ3n) is 5.41. The molecule has 166 valence electrons. The highest BCUT2D eigenvalue weighted by molar-refractivity contribution is 6.30. The fourth-order valence-electron chi connectivity index (χ4n) is 3.99. The molecule has 1 heterocycles. The van der Waals surface area contributed by atoms with Gasteiger partial charge in [0.2, 0.25) is 0 Å². The Labute approximate surface area is 194 Å². The third kappa shape index (κ3) is 5.43. The Kier molecular flexibility index (Phi) is 7.01. The van der Waals surface area contributed by atoms with E-state index in [2.05, 4.69) is 48.7 Å². The van der Waals surface area contributed by atoms with Gasteiger partial charge in [-0.1, -0.05) is 29.8 Å². The van der Waals surface area contributed by atoms with Crippen LogP contribution in [0.1, 0.15) is 42.8 Å². The van der Waals surface area contributed by atoms with Gasteiger partial charge in [0.05, 0.1) is 17.6 Å². The number of unbranched alkanes of at least 4 members (excludes halogenated alkanes) is 1. The minimum Gasteiger partial charge on any atom is -0.494 e. The lowest BCUT2D eigenvalue weighted by Crippen LogP contribution is -2.12. The van der Waals surface area contributed by atoms with E-state index in [1.54, 1.807) is 0 Å². The first-order valence-electron chi connectivity index (χ1n) is 11.1. The number of aromatic nitrogens is 2. The molecule has 3 aromatic carbocycles. The van der Waals surface area contributed by atoms with Gasteiger partial charge in [0.1, 0.15) is 11.5 Å². The molecule has 1 aromatic heterocycles. The molecule has 0 aliphatic heterocycles. The quantitative estimate of drug-likeness (QED) is 0.252. The molecular formula is C27H29ClN2O2. The Hall–Kier alpha value is -2.98. The van der Waals surface area contributed by atoms with Crippen LogP contribution in [0, 0.1) is 13.8 Å². The van der Waals surface area contributed by atoms with Crippen LogP contribution in [-0.2, 0) is 6.54 Å². The lowest BCUT2D eigenvalue weighted by atomic mass is 10.1. The zero-order valence-corrected chi connectivity index (χ0v) is 19.6. The maximum atomic E-state index is 6.17. The summed E-state index contributed by atoms with van der Waals surface area (Å²) in [5, 5.41) is 0.695. The standard InChI is InChI=1S/C27H29ClN2O2/c1-19-16-20(2)18-24(17-19)31-15-7-6-14-30-26-9-5-4-8-25(26)29-27(30)21(3)32-23-12-10-22(28)11-13-23/h4-5,8-13,16-18,21H,6-7,14-15H2,1-3H3. The van der Waals surface area contributed by atoms with Crippen molar-refractivity contribution in [3.05, 3.63) is 88.7 Å². The largest absolute Gasteiger partial charge is 0.494 e. The van der Waals surface area contributed by atoms with Gasteiger partial charge in [-0.3, -0.25) is 0 Å². The number of fused-ring (bicyclic) bond motifs is 1. The molecule has 0 aliphatic carbocycles. The summed E-state index contributed by atoms with van der Waals surface area (Å²) >= 11 is 6.00. The van der Waals surface area contributed by atoms with E-state index in [9.17, 15) is 0 Å². The van der Waals surface area contributed by atoms with Crippen LogP contribution in [0.3, 0.4) is 0 Å². The van der Waals surface area contributed by atoms with Crippen molar-refractivity contribution in [2.24, 2.45) is 0 Å². The molecule has 0 bridgehead atoms. The lowest BCUT2D eigenvalue weighted by Gasteiger charge is -2.17. The highest BCUT2D eigenvalue weighted by atomic mass is 35.5. The first-order valence-corrected chi connectivity index (χ1v) is 11.5. The Balaban J connectivity index is 1.42. The Bertz CT molecular complexity index is 1160. The second-order valence-corrected chi connectivity index (χ2v) is 8.64. The van der Waals surface area contributed by atoms with Crippen LogP contribution in [-0.4, -0.2) is 16.2 Å². The summed E-state index contributed by atoms with van der Waals surface area (Å²) in [5.41, 5.74) is 4.57. The van der Waals surface area contributed by atoms with Crippen LogP contribution in [0.25, 0.3) is 11.0 Å². The minimum absolute atomic E-state index is 0.185. The second-order valence-electron chi connectivity index (χ2n) is 8.20. The average Bonchev–Trinajstić information content (AvgIpc) is 3.13. The fourth-order valence-corrected chi connectivity index (χ4v) is 4.11. The summed E-state index contributed by atoms with van der Waals surface area (Å²) in [6.07, 6.45) is 1.77. The van der Waals surface area contributed by atoms with Crippen molar-refractivity contribution in [3.8, 4) is 11.5 Å². The van der Waals surface area contributed by atoms with Gasteiger partial charge >= 0.3 is 0 Å². The number of ether oxygens (including phenoxy) is 2. The van der Waals surface area contributed by atoms with E-state index >= 15 is 0 Å². The third-order valence-corrected chi connectivity index (χ3v) is 5.67. The van der Waals surface area contributed by atoms with Gasteiger partial charge in [-0.25, -0.2) is 4.98 Å². The van der Waals surface area contributed by atoms with Crippen molar-refractivity contribution in [2.75, 3.05) is 6.61 Å².